The van der Waals surface area contributed by atoms with Crippen molar-refractivity contribution in [2.24, 2.45) is 9.98 Å². The number of rotatable bonds is 4. The van der Waals surface area contributed by atoms with E-state index in [0.717, 1.165) is 45.0 Å². The summed E-state index contributed by atoms with van der Waals surface area (Å²) in [4.78, 5) is 10.4. The van der Waals surface area contributed by atoms with Gasteiger partial charge in [-0.25, -0.2) is 9.98 Å². The normalized spacial score (nSPS) is 12.0. The van der Waals surface area contributed by atoms with Gasteiger partial charge in [0.2, 0.25) is 0 Å². The number of aryl methyl sites for hydroxylation is 8. The summed E-state index contributed by atoms with van der Waals surface area (Å²) >= 11 is 0. The molecule has 0 fully saturated rings. The molecule has 0 saturated carbocycles. The number of amidine groups is 2. The summed E-state index contributed by atoms with van der Waals surface area (Å²) in [6, 6.07) is 25.4. The van der Waals surface area contributed by atoms with Gasteiger partial charge < -0.3 is 10.6 Å². The first-order chi connectivity index (χ1) is 18.1. The fourth-order valence-corrected chi connectivity index (χ4v) is 4.75. The van der Waals surface area contributed by atoms with Crippen LogP contribution in [0.25, 0.3) is 0 Å². The minimum absolute atomic E-state index is 0.656. The Morgan fingerprint density at radius 1 is 0.421 bits per heavy atom. The zero-order valence-electron chi connectivity index (χ0n) is 23.8. The standard InChI is InChI=1S/C34H38N4/c1-21-9-13-29(14-10-21)35-33(37-31-25(5)17-23(3)18-26(31)6)34(36-30-15-11-22(2)12-16-30)38-32-27(7)19-24(4)20-28(32)8/h9-20H,1-8H3,(H,35,37)(H,36,38). The molecule has 4 aromatic rings. The number of nitrogens with zero attached hydrogens (tertiary/aromatic N) is 2. The molecular weight excluding hydrogens is 464 g/mol. The highest BCUT2D eigenvalue weighted by atomic mass is 15.1. The van der Waals surface area contributed by atoms with Crippen molar-refractivity contribution in [2.45, 2.75) is 55.4 Å². The van der Waals surface area contributed by atoms with E-state index in [-0.39, 0.29) is 0 Å². The van der Waals surface area contributed by atoms with Crippen LogP contribution in [0.15, 0.2) is 82.8 Å². The first-order valence-corrected chi connectivity index (χ1v) is 13.1. The van der Waals surface area contributed by atoms with Gasteiger partial charge in [-0.2, -0.15) is 0 Å². The first kappa shape index (κ1) is 26.9. The van der Waals surface area contributed by atoms with Crippen molar-refractivity contribution in [1.82, 2.24) is 0 Å². The van der Waals surface area contributed by atoms with Crippen molar-refractivity contribution >= 4 is 34.4 Å². The molecule has 0 unspecified atom stereocenters. The first-order valence-electron chi connectivity index (χ1n) is 13.1. The molecule has 4 rings (SSSR count). The lowest BCUT2D eigenvalue weighted by atomic mass is 10.1. The highest BCUT2D eigenvalue weighted by molar-refractivity contribution is 6.49. The third-order valence-electron chi connectivity index (χ3n) is 6.57. The average Bonchev–Trinajstić information content (AvgIpc) is 2.84. The molecule has 0 amide bonds. The van der Waals surface area contributed by atoms with Gasteiger partial charge in [0, 0.05) is 11.4 Å². The van der Waals surface area contributed by atoms with E-state index in [1.165, 1.54) is 22.3 Å². The Balaban J connectivity index is 1.94. The van der Waals surface area contributed by atoms with E-state index in [2.05, 4.69) is 139 Å². The maximum atomic E-state index is 5.22. The number of aliphatic imine (C=N–C) groups is 2. The van der Waals surface area contributed by atoms with Crippen LogP contribution in [0.1, 0.15) is 44.5 Å². The van der Waals surface area contributed by atoms with Crippen molar-refractivity contribution in [3.8, 4) is 0 Å². The van der Waals surface area contributed by atoms with Crippen LogP contribution in [0, 0.1) is 55.4 Å². The third-order valence-corrected chi connectivity index (χ3v) is 6.57. The molecule has 0 aliphatic carbocycles. The van der Waals surface area contributed by atoms with Crippen molar-refractivity contribution in [1.29, 1.82) is 0 Å². The van der Waals surface area contributed by atoms with Gasteiger partial charge in [-0.15, -0.1) is 0 Å². The second-order valence-corrected chi connectivity index (χ2v) is 10.4. The molecule has 0 atom stereocenters. The fourth-order valence-electron chi connectivity index (χ4n) is 4.75. The molecule has 0 aliphatic rings. The van der Waals surface area contributed by atoms with Crippen LogP contribution in [-0.4, -0.2) is 11.7 Å². The fraction of sp³-hybridized carbons (Fsp3) is 0.235. The molecule has 0 bridgehead atoms. The molecule has 4 nitrogen and oxygen atoms in total. The van der Waals surface area contributed by atoms with Gasteiger partial charge in [0.25, 0.3) is 0 Å². The summed E-state index contributed by atoms with van der Waals surface area (Å²) in [5, 5.41) is 7.17. The summed E-state index contributed by atoms with van der Waals surface area (Å²) in [5.74, 6) is 1.31. The minimum Gasteiger partial charge on any atom is -0.337 e. The van der Waals surface area contributed by atoms with E-state index in [1.54, 1.807) is 0 Å². The van der Waals surface area contributed by atoms with Gasteiger partial charge in [0.1, 0.15) is 0 Å². The van der Waals surface area contributed by atoms with E-state index in [9.17, 15) is 0 Å². The van der Waals surface area contributed by atoms with E-state index in [0.29, 0.717) is 11.7 Å². The lowest BCUT2D eigenvalue weighted by molar-refractivity contribution is 1.28. The van der Waals surface area contributed by atoms with Crippen LogP contribution in [0.2, 0.25) is 0 Å². The number of nitrogens with one attached hydrogen (secondary N) is 2. The second kappa shape index (κ2) is 11.5. The lowest BCUT2D eigenvalue weighted by Gasteiger charge is -2.18. The Labute approximate surface area is 227 Å². The summed E-state index contributed by atoms with van der Waals surface area (Å²) in [6.45, 7) is 16.9. The summed E-state index contributed by atoms with van der Waals surface area (Å²) in [6.07, 6.45) is 0. The molecule has 194 valence electrons. The molecule has 2 N–H and O–H groups in total. The third kappa shape index (κ3) is 6.57. The molecule has 0 aliphatic heterocycles. The van der Waals surface area contributed by atoms with Gasteiger partial charge in [0.05, 0.1) is 11.4 Å². The van der Waals surface area contributed by atoms with Crippen molar-refractivity contribution in [3.63, 3.8) is 0 Å². The molecule has 0 aromatic heterocycles. The Bertz CT molecular complexity index is 1340. The van der Waals surface area contributed by atoms with Crippen LogP contribution < -0.4 is 10.6 Å². The molecule has 0 radical (unpaired) electrons. The quantitative estimate of drug-likeness (QED) is 0.216. The zero-order valence-corrected chi connectivity index (χ0v) is 23.8. The predicted molar refractivity (Wildman–Crippen MR) is 165 cm³/mol. The molecule has 38 heavy (non-hydrogen) atoms. The maximum absolute atomic E-state index is 5.22. The van der Waals surface area contributed by atoms with Gasteiger partial charge >= 0.3 is 0 Å². The monoisotopic (exact) mass is 502 g/mol. The van der Waals surface area contributed by atoms with E-state index >= 15 is 0 Å². The highest BCUT2D eigenvalue weighted by Gasteiger charge is 2.16. The average molecular weight is 503 g/mol. The van der Waals surface area contributed by atoms with Crippen LogP contribution in [-0.2, 0) is 0 Å². The Morgan fingerprint density at radius 2 is 0.711 bits per heavy atom. The minimum atomic E-state index is 0.656. The number of benzene rings is 4. The topological polar surface area (TPSA) is 48.8 Å². The highest BCUT2D eigenvalue weighted by Crippen LogP contribution is 2.28. The largest absolute Gasteiger partial charge is 0.337 e. The molecular formula is C34H38N4. The van der Waals surface area contributed by atoms with E-state index in [4.69, 9.17) is 9.98 Å². The Hall–Kier alpha value is -4.18. The Morgan fingerprint density at radius 3 is 1.00 bits per heavy atom. The smallest absolute Gasteiger partial charge is 0.174 e. The summed E-state index contributed by atoms with van der Waals surface area (Å²) in [5.41, 5.74) is 13.2. The molecule has 0 heterocycles. The van der Waals surface area contributed by atoms with Crippen molar-refractivity contribution in [3.05, 3.63) is 117 Å². The van der Waals surface area contributed by atoms with Crippen LogP contribution in [0.5, 0.6) is 0 Å². The molecule has 4 heteroatoms. The van der Waals surface area contributed by atoms with Crippen LogP contribution >= 0.6 is 0 Å². The van der Waals surface area contributed by atoms with Crippen LogP contribution in [0.3, 0.4) is 0 Å². The van der Waals surface area contributed by atoms with Crippen LogP contribution in [0.4, 0.5) is 22.7 Å². The van der Waals surface area contributed by atoms with E-state index < -0.39 is 0 Å². The SMILES string of the molecule is Cc1ccc(NC(=Nc2c(C)cc(C)cc2C)C(=Nc2c(C)cc(C)cc2C)Nc2ccc(C)cc2)cc1. The van der Waals surface area contributed by atoms with Gasteiger partial charge in [-0.05, 0) is 102 Å². The molecule has 4 aromatic carbocycles. The number of hydrogen-bond acceptors (Lipinski definition) is 2. The number of hydrogen-bond donors (Lipinski definition) is 2. The van der Waals surface area contributed by atoms with E-state index in [1.807, 2.05) is 0 Å². The summed E-state index contributed by atoms with van der Waals surface area (Å²) in [7, 11) is 0. The molecule has 0 saturated heterocycles. The predicted octanol–water partition coefficient (Wildman–Crippen LogP) is 9.14. The second-order valence-electron chi connectivity index (χ2n) is 10.4. The van der Waals surface area contributed by atoms with Crippen molar-refractivity contribution in [2.75, 3.05) is 10.6 Å². The summed E-state index contributed by atoms with van der Waals surface area (Å²) < 4.78 is 0. The number of anilines is 2. The zero-order chi connectivity index (χ0) is 27.4. The van der Waals surface area contributed by atoms with Gasteiger partial charge in [0.15, 0.2) is 11.7 Å². The Kier molecular flexibility index (Phi) is 8.11. The lowest BCUT2D eigenvalue weighted by Crippen LogP contribution is -2.30. The molecule has 0 spiro atoms. The van der Waals surface area contributed by atoms with Crippen molar-refractivity contribution < 1.29 is 0 Å². The maximum Gasteiger partial charge on any atom is 0.174 e. The van der Waals surface area contributed by atoms with Gasteiger partial charge in [-0.1, -0.05) is 70.8 Å². The van der Waals surface area contributed by atoms with Gasteiger partial charge in [-0.3, -0.25) is 0 Å².